The van der Waals surface area contributed by atoms with Gasteiger partial charge in [-0.25, -0.2) is 0 Å². The molecule has 2 N–H and O–H groups in total. The summed E-state index contributed by atoms with van der Waals surface area (Å²) in [5.41, 5.74) is -0.874. The first kappa shape index (κ1) is 21.5. The van der Waals surface area contributed by atoms with Crippen LogP contribution in [0.4, 0.5) is 0 Å². The van der Waals surface area contributed by atoms with E-state index in [0.717, 1.165) is 32.2 Å². The van der Waals surface area contributed by atoms with E-state index in [1.807, 2.05) is 9.80 Å². The average Bonchev–Trinajstić information content (AvgIpc) is 2.84. The minimum atomic E-state index is -0.630. The molecule has 140 valence electrons. The highest BCUT2D eigenvalue weighted by Gasteiger charge is 2.41. The van der Waals surface area contributed by atoms with Gasteiger partial charge in [-0.15, -0.1) is 24.0 Å². The summed E-state index contributed by atoms with van der Waals surface area (Å²) in [5, 5.41) is 13.8. The second-order valence-electron chi connectivity index (χ2n) is 7.86. The maximum atomic E-state index is 12.6. The molecule has 6 nitrogen and oxygen atoms in total. The molecule has 0 aromatic rings. The quantitative estimate of drug-likeness (QED) is 0.390. The van der Waals surface area contributed by atoms with Crippen LogP contribution in [0.1, 0.15) is 53.4 Å². The number of piperazine rings is 1. The molecule has 0 atom stereocenters. The zero-order valence-electron chi connectivity index (χ0n) is 15.6. The number of hydrogen-bond donors (Lipinski definition) is 2. The standard InChI is InChI=1S/C17H32N4O2.HI/c1-13(2)21-14(22)10-20(12-16(21,3)4)15(18-5)19-11-17(23)8-6-7-9-17;/h13,23H,6-12H2,1-5H3,(H,18,19);1H. The van der Waals surface area contributed by atoms with Crippen molar-refractivity contribution < 1.29 is 9.90 Å². The number of nitrogens with one attached hydrogen (secondary N) is 1. The van der Waals surface area contributed by atoms with Crippen LogP contribution < -0.4 is 5.32 Å². The van der Waals surface area contributed by atoms with Gasteiger partial charge in [-0.3, -0.25) is 9.79 Å². The molecule has 1 aliphatic heterocycles. The highest BCUT2D eigenvalue weighted by atomic mass is 127. The molecule has 0 unspecified atom stereocenters. The molecule has 2 rings (SSSR count). The number of amides is 1. The number of carbonyl (C=O) groups excluding carboxylic acids is 1. The fraction of sp³-hybridized carbons (Fsp3) is 0.882. The third-order valence-electron chi connectivity index (χ3n) is 4.96. The minimum absolute atomic E-state index is 0. The van der Waals surface area contributed by atoms with Gasteiger partial charge in [0.05, 0.1) is 17.7 Å². The zero-order chi connectivity index (χ0) is 17.3. The predicted octanol–water partition coefficient (Wildman–Crippen LogP) is 1.82. The minimum Gasteiger partial charge on any atom is -0.388 e. The lowest BCUT2D eigenvalue weighted by Gasteiger charge is -2.49. The summed E-state index contributed by atoms with van der Waals surface area (Å²) >= 11 is 0. The van der Waals surface area contributed by atoms with Crippen molar-refractivity contribution in [1.29, 1.82) is 0 Å². The van der Waals surface area contributed by atoms with Crippen LogP contribution in [0.5, 0.6) is 0 Å². The summed E-state index contributed by atoms with van der Waals surface area (Å²) in [6.45, 7) is 9.85. The first-order chi connectivity index (χ1) is 10.7. The number of halogens is 1. The number of guanidine groups is 1. The Labute approximate surface area is 163 Å². The van der Waals surface area contributed by atoms with Crippen molar-refractivity contribution in [2.45, 2.75) is 70.6 Å². The Morgan fingerprint density at radius 2 is 1.92 bits per heavy atom. The number of rotatable bonds is 3. The topological polar surface area (TPSA) is 68.2 Å². The lowest BCUT2D eigenvalue weighted by molar-refractivity contribution is -0.145. The van der Waals surface area contributed by atoms with Crippen LogP contribution >= 0.6 is 24.0 Å². The third-order valence-corrected chi connectivity index (χ3v) is 4.96. The fourth-order valence-corrected chi connectivity index (χ4v) is 4.10. The van der Waals surface area contributed by atoms with Crippen molar-refractivity contribution in [2.24, 2.45) is 4.99 Å². The molecule has 0 bridgehead atoms. The molecule has 1 amide bonds. The maximum absolute atomic E-state index is 12.6. The van der Waals surface area contributed by atoms with E-state index in [1.165, 1.54) is 0 Å². The molecule has 1 aliphatic carbocycles. The van der Waals surface area contributed by atoms with Crippen molar-refractivity contribution in [3.05, 3.63) is 0 Å². The van der Waals surface area contributed by atoms with E-state index in [1.54, 1.807) is 7.05 Å². The monoisotopic (exact) mass is 452 g/mol. The van der Waals surface area contributed by atoms with Crippen LogP contribution in [0, 0.1) is 0 Å². The smallest absolute Gasteiger partial charge is 0.242 e. The van der Waals surface area contributed by atoms with Gasteiger partial charge >= 0.3 is 0 Å². The second kappa shape index (κ2) is 8.21. The molecular formula is C17H33IN4O2. The van der Waals surface area contributed by atoms with Crippen LogP contribution in [-0.4, -0.2) is 70.6 Å². The summed E-state index contributed by atoms with van der Waals surface area (Å²) in [7, 11) is 1.73. The molecule has 2 aliphatic rings. The first-order valence-electron chi connectivity index (χ1n) is 8.69. The highest BCUT2D eigenvalue weighted by Crippen LogP contribution is 2.29. The van der Waals surface area contributed by atoms with Crippen molar-refractivity contribution in [1.82, 2.24) is 15.1 Å². The Balaban J connectivity index is 0.00000288. The van der Waals surface area contributed by atoms with Gasteiger partial charge in [0.1, 0.15) is 0 Å². The third kappa shape index (κ3) is 4.74. The predicted molar refractivity (Wildman–Crippen MR) is 108 cm³/mol. The van der Waals surface area contributed by atoms with E-state index in [4.69, 9.17) is 0 Å². The Hall–Kier alpha value is -0.570. The number of carbonyl (C=O) groups is 1. The van der Waals surface area contributed by atoms with E-state index < -0.39 is 5.60 Å². The van der Waals surface area contributed by atoms with Crippen LogP contribution in [0.2, 0.25) is 0 Å². The molecule has 7 heteroatoms. The van der Waals surface area contributed by atoms with Gasteiger partial charge in [-0.1, -0.05) is 12.8 Å². The Kier molecular flexibility index (Phi) is 7.34. The fourth-order valence-electron chi connectivity index (χ4n) is 4.10. The summed E-state index contributed by atoms with van der Waals surface area (Å²) in [5.74, 6) is 0.828. The molecule has 1 heterocycles. The average molecular weight is 452 g/mol. The molecule has 0 radical (unpaired) electrons. The van der Waals surface area contributed by atoms with E-state index in [0.29, 0.717) is 19.0 Å². The van der Waals surface area contributed by atoms with Gasteiger partial charge in [0.2, 0.25) is 5.91 Å². The van der Waals surface area contributed by atoms with Gasteiger partial charge in [0.15, 0.2) is 5.96 Å². The van der Waals surface area contributed by atoms with E-state index in [-0.39, 0.29) is 41.5 Å². The van der Waals surface area contributed by atoms with Gasteiger partial charge in [0.25, 0.3) is 0 Å². The van der Waals surface area contributed by atoms with E-state index in [2.05, 4.69) is 38.0 Å². The van der Waals surface area contributed by atoms with Crippen molar-refractivity contribution in [3.8, 4) is 0 Å². The molecule has 0 aromatic carbocycles. The molecule has 0 spiro atoms. The molecule has 2 fully saturated rings. The van der Waals surface area contributed by atoms with E-state index >= 15 is 0 Å². The summed E-state index contributed by atoms with van der Waals surface area (Å²) in [6, 6.07) is 0.189. The van der Waals surface area contributed by atoms with Gasteiger partial charge < -0.3 is 20.2 Å². The summed E-state index contributed by atoms with van der Waals surface area (Å²) in [6.07, 6.45) is 3.83. The van der Waals surface area contributed by atoms with Gasteiger partial charge in [-0.2, -0.15) is 0 Å². The number of hydrogen-bond acceptors (Lipinski definition) is 3. The maximum Gasteiger partial charge on any atom is 0.242 e. The number of nitrogens with zero attached hydrogens (tertiary/aromatic N) is 3. The Morgan fingerprint density at radius 1 is 1.33 bits per heavy atom. The number of aliphatic imine (C=N–C) groups is 1. The molecule has 0 aromatic heterocycles. The number of aliphatic hydroxyl groups is 1. The van der Waals surface area contributed by atoms with Crippen LogP contribution in [0.25, 0.3) is 0 Å². The van der Waals surface area contributed by atoms with Crippen molar-refractivity contribution >= 4 is 35.8 Å². The molecule has 1 saturated heterocycles. The van der Waals surface area contributed by atoms with E-state index in [9.17, 15) is 9.90 Å². The molecule has 1 saturated carbocycles. The highest BCUT2D eigenvalue weighted by molar-refractivity contribution is 14.0. The second-order valence-corrected chi connectivity index (χ2v) is 7.86. The molecular weight excluding hydrogens is 419 g/mol. The van der Waals surface area contributed by atoms with Crippen LogP contribution in [0.15, 0.2) is 4.99 Å². The lowest BCUT2D eigenvalue weighted by Crippen LogP contribution is -2.66. The summed E-state index contributed by atoms with van der Waals surface area (Å²) < 4.78 is 0. The van der Waals surface area contributed by atoms with Gasteiger partial charge in [0, 0.05) is 26.2 Å². The van der Waals surface area contributed by atoms with Crippen molar-refractivity contribution in [2.75, 3.05) is 26.7 Å². The van der Waals surface area contributed by atoms with Crippen LogP contribution in [-0.2, 0) is 4.79 Å². The largest absolute Gasteiger partial charge is 0.388 e. The zero-order valence-corrected chi connectivity index (χ0v) is 18.0. The lowest BCUT2D eigenvalue weighted by atomic mass is 9.96. The SMILES string of the molecule is CN=C(NCC1(O)CCCC1)N1CC(=O)N(C(C)C)C(C)(C)C1.I. The first-order valence-corrected chi connectivity index (χ1v) is 8.69. The van der Waals surface area contributed by atoms with Gasteiger partial charge in [-0.05, 0) is 40.5 Å². The Morgan fingerprint density at radius 3 is 2.38 bits per heavy atom. The normalized spacial score (nSPS) is 23.5. The Bertz CT molecular complexity index is 473. The van der Waals surface area contributed by atoms with Crippen molar-refractivity contribution in [3.63, 3.8) is 0 Å². The summed E-state index contributed by atoms with van der Waals surface area (Å²) in [4.78, 5) is 20.8. The molecule has 24 heavy (non-hydrogen) atoms. The van der Waals surface area contributed by atoms with Crippen LogP contribution in [0.3, 0.4) is 0 Å².